The second-order valence-electron chi connectivity index (χ2n) is 10.9. The summed E-state index contributed by atoms with van der Waals surface area (Å²) in [5, 5.41) is 4.59. The van der Waals surface area contributed by atoms with E-state index in [1.54, 1.807) is 10.9 Å². The monoisotopic (exact) mass is 628 g/mol. The van der Waals surface area contributed by atoms with Gasteiger partial charge in [-0.3, -0.25) is 19.4 Å². The van der Waals surface area contributed by atoms with Gasteiger partial charge in [-0.1, -0.05) is 49.7 Å². The van der Waals surface area contributed by atoms with Gasteiger partial charge in [0, 0.05) is 38.9 Å². The van der Waals surface area contributed by atoms with E-state index in [-0.39, 0.29) is 22.1 Å². The molecular formula is C32H36N8O4S. The van der Waals surface area contributed by atoms with Crippen molar-refractivity contribution in [3.05, 3.63) is 94.3 Å². The number of sulfonamides is 1. The molecule has 1 N–H and O–H groups in total. The Balaban J connectivity index is 1.33. The quantitative estimate of drug-likeness (QED) is 0.233. The molecular weight excluding hydrogens is 592 g/mol. The summed E-state index contributed by atoms with van der Waals surface area (Å²) in [5.74, 6) is 0.354. The van der Waals surface area contributed by atoms with Crippen LogP contribution in [0.3, 0.4) is 0 Å². The van der Waals surface area contributed by atoms with Gasteiger partial charge < -0.3 is 9.72 Å². The third-order valence-electron chi connectivity index (χ3n) is 7.81. The lowest BCUT2D eigenvalue weighted by atomic mass is 10.2. The molecule has 1 aromatic carbocycles. The van der Waals surface area contributed by atoms with Crippen molar-refractivity contribution in [1.82, 2.24) is 38.9 Å². The van der Waals surface area contributed by atoms with E-state index >= 15 is 0 Å². The van der Waals surface area contributed by atoms with E-state index in [4.69, 9.17) is 9.72 Å². The fourth-order valence-electron chi connectivity index (χ4n) is 5.57. The first-order valence-electron chi connectivity index (χ1n) is 15.2. The van der Waals surface area contributed by atoms with Crippen LogP contribution < -0.4 is 10.3 Å². The van der Waals surface area contributed by atoms with Crippen molar-refractivity contribution in [2.45, 2.75) is 44.7 Å². The molecule has 13 heteroatoms. The summed E-state index contributed by atoms with van der Waals surface area (Å²) in [6.07, 6.45) is 4.48. The summed E-state index contributed by atoms with van der Waals surface area (Å²) in [4.78, 5) is 32.0. The molecule has 6 rings (SSSR count). The van der Waals surface area contributed by atoms with E-state index in [0.29, 0.717) is 56.8 Å². The van der Waals surface area contributed by atoms with Gasteiger partial charge in [-0.15, -0.1) is 0 Å². The van der Waals surface area contributed by atoms with Gasteiger partial charge >= 0.3 is 0 Å². The molecule has 4 aromatic heterocycles. The van der Waals surface area contributed by atoms with Crippen molar-refractivity contribution >= 4 is 21.1 Å². The number of hydrogen-bond donors (Lipinski definition) is 1. The van der Waals surface area contributed by atoms with Gasteiger partial charge in [-0.2, -0.15) is 9.40 Å². The van der Waals surface area contributed by atoms with E-state index in [1.807, 2.05) is 50.2 Å². The van der Waals surface area contributed by atoms with E-state index in [9.17, 15) is 13.2 Å². The minimum atomic E-state index is -3.87. The summed E-state index contributed by atoms with van der Waals surface area (Å²) in [6, 6.07) is 17.3. The third-order valence-corrected chi connectivity index (χ3v) is 9.67. The second-order valence-corrected chi connectivity index (χ2v) is 12.8. The topological polar surface area (TPSA) is 139 Å². The average Bonchev–Trinajstić information content (AvgIpc) is 3.40. The number of aromatic amines is 1. The summed E-state index contributed by atoms with van der Waals surface area (Å²) in [5.41, 5.74) is 3.32. The molecule has 12 nitrogen and oxygen atoms in total. The van der Waals surface area contributed by atoms with Gasteiger partial charge in [-0.05, 0) is 37.1 Å². The first-order valence-corrected chi connectivity index (χ1v) is 16.6. The van der Waals surface area contributed by atoms with Crippen molar-refractivity contribution in [3.63, 3.8) is 0 Å². The van der Waals surface area contributed by atoms with Crippen LogP contribution in [-0.4, -0.2) is 80.1 Å². The summed E-state index contributed by atoms with van der Waals surface area (Å²) >= 11 is 0. The lowest BCUT2D eigenvalue weighted by Gasteiger charge is -2.34. The SMILES string of the molecule is CCCc1c2nc(-c3cc(S(=O)(=O)N4CCN(Cc5ccccc5)CC4)cnc3OCC)[nH]c(=O)c2nn1Cc1ccccn1. The van der Waals surface area contributed by atoms with Crippen LogP contribution in [0.15, 0.2) is 76.7 Å². The van der Waals surface area contributed by atoms with Gasteiger partial charge in [0.2, 0.25) is 15.9 Å². The van der Waals surface area contributed by atoms with Crippen LogP contribution in [0.2, 0.25) is 0 Å². The maximum absolute atomic E-state index is 13.8. The maximum atomic E-state index is 13.8. The molecule has 0 bridgehead atoms. The Morgan fingerprint density at radius 1 is 0.933 bits per heavy atom. The standard InChI is InChI=1S/C32H36N8O4S/c1-3-10-27-28-29(37-40(27)22-24-13-8-9-14-33-24)31(41)36-30(35-28)26-19-25(20-34-32(26)44-4-2)45(42,43)39-17-15-38(16-18-39)21-23-11-6-5-7-12-23/h5-9,11-14,19-20H,3-4,10,15-18,21-22H2,1-2H3,(H,35,36,41). The van der Waals surface area contributed by atoms with Crippen molar-refractivity contribution in [3.8, 4) is 17.3 Å². The van der Waals surface area contributed by atoms with Crippen LogP contribution in [-0.2, 0) is 29.5 Å². The van der Waals surface area contributed by atoms with Crippen molar-refractivity contribution in [2.75, 3.05) is 32.8 Å². The maximum Gasteiger partial charge on any atom is 0.279 e. The minimum absolute atomic E-state index is 0.0137. The molecule has 0 amide bonds. The zero-order valence-electron chi connectivity index (χ0n) is 25.4. The molecule has 45 heavy (non-hydrogen) atoms. The number of fused-ring (bicyclic) bond motifs is 1. The molecule has 1 saturated heterocycles. The minimum Gasteiger partial charge on any atom is -0.477 e. The lowest BCUT2D eigenvalue weighted by Crippen LogP contribution is -2.48. The van der Waals surface area contributed by atoms with Crippen LogP contribution in [0, 0.1) is 0 Å². The largest absolute Gasteiger partial charge is 0.477 e. The summed E-state index contributed by atoms with van der Waals surface area (Å²) < 4.78 is 36.7. The van der Waals surface area contributed by atoms with E-state index < -0.39 is 15.6 Å². The molecule has 1 fully saturated rings. The summed E-state index contributed by atoms with van der Waals surface area (Å²) in [7, 11) is -3.87. The molecule has 1 aliphatic rings. The van der Waals surface area contributed by atoms with Gasteiger partial charge in [0.05, 0.1) is 36.3 Å². The lowest BCUT2D eigenvalue weighted by molar-refractivity contribution is 0.181. The molecule has 0 saturated carbocycles. The Kier molecular flexibility index (Phi) is 9.01. The van der Waals surface area contributed by atoms with Crippen LogP contribution in [0.25, 0.3) is 22.4 Å². The Morgan fingerprint density at radius 2 is 1.71 bits per heavy atom. The molecule has 1 aliphatic heterocycles. The Morgan fingerprint density at radius 3 is 2.42 bits per heavy atom. The highest BCUT2D eigenvalue weighted by Gasteiger charge is 2.30. The van der Waals surface area contributed by atoms with Crippen molar-refractivity contribution in [2.24, 2.45) is 0 Å². The normalized spacial score (nSPS) is 14.6. The molecule has 0 unspecified atom stereocenters. The number of piperazine rings is 1. The number of H-pyrrole nitrogens is 1. The van der Waals surface area contributed by atoms with Gasteiger partial charge in [0.25, 0.3) is 5.56 Å². The Bertz CT molecular complexity index is 1940. The highest BCUT2D eigenvalue weighted by Crippen LogP contribution is 2.30. The predicted molar refractivity (Wildman–Crippen MR) is 170 cm³/mol. The van der Waals surface area contributed by atoms with Gasteiger partial charge in [0.1, 0.15) is 16.2 Å². The molecule has 0 atom stereocenters. The van der Waals surface area contributed by atoms with Crippen LogP contribution in [0.4, 0.5) is 0 Å². The number of ether oxygens (including phenoxy) is 1. The Hall–Kier alpha value is -4.46. The van der Waals surface area contributed by atoms with Gasteiger partial charge in [-0.25, -0.2) is 18.4 Å². The van der Waals surface area contributed by atoms with E-state index in [1.165, 1.54) is 22.1 Å². The smallest absolute Gasteiger partial charge is 0.279 e. The predicted octanol–water partition coefficient (Wildman–Crippen LogP) is 3.48. The number of benzene rings is 1. The van der Waals surface area contributed by atoms with Crippen molar-refractivity contribution in [1.29, 1.82) is 0 Å². The number of aryl methyl sites for hydroxylation is 1. The number of pyridine rings is 2. The first-order chi connectivity index (χ1) is 21.9. The molecule has 0 aliphatic carbocycles. The number of nitrogens with one attached hydrogen (secondary N) is 1. The average molecular weight is 629 g/mol. The van der Waals surface area contributed by atoms with Gasteiger partial charge in [0.15, 0.2) is 5.52 Å². The number of hydrogen-bond acceptors (Lipinski definition) is 9. The zero-order chi connectivity index (χ0) is 31.4. The number of rotatable bonds is 11. The van der Waals surface area contributed by atoms with Crippen LogP contribution in [0.1, 0.15) is 37.2 Å². The van der Waals surface area contributed by atoms with Crippen molar-refractivity contribution < 1.29 is 13.2 Å². The van der Waals surface area contributed by atoms with E-state index in [0.717, 1.165) is 24.4 Å². The fourth-order valence-corrected chi connectivity index (χ4v) is 6.96. The zero-order valence-corrected chi connectivity index (χ0v) is 26.2. The molecule has 5 aromatic rings. The van der Waals surface area contributed by atoms with E-state index in [2.05, 4.69) is 37.1 Å². The molecule has 5 heterocycles. The molecule has 234 valence electrons. The Labute approximate surface area is 261 Å². The third kappa shape index (κ3) is 6.51. The van der Waals surface area contributed by atoms with Crippen LogP contribution >= 0.6 is 0 Å². The molecule has 0 spiro atoms. The number of aromatic nitrogens is 6. The highest BCUT2D eigenvalue weighted by molar-refractivity contribution is 7.89. The fraction of sp³-hybridized carbons (Fsp3) is 0.344. The number of nitrogens with zero attached hydrogens (tertiary/aromatic N) is 7. The molecule has 0 radical (unpaired) electrons. The highest BCUT2D eigenvalue weighted by atomic mass is 32.2. The first kappa shape index (κ1) is 30.6. The summed E-state index contributed by atoms with van der Waals surface area (Å²) in [6.45, 7) is 7.24. The van der Waals surface area contributed by atoms with Crippen LogP contribution in [0.5, 0.6) is 5.88 Å². The second kappa shape index (κ2) is 13.3.